The van der Waals surface area contributed by atoms with Crippen LogP contribution in [0, 0.1) is 13.8 Å². The second-order valence-electron chi connectivity index (χ2n) is 5.51. The number of carbonyl (C=O) groups is 1. The van der Waals surface area contributed by atoms with Crippen molar-refractivity contribution in [2.45, 2.75) is 31.2 Å². The third kappa shape index (κ3) is 3.25. The van der Waals surface area contributed by atoms with Gasteiger partial charge in [0.25, 0.3) is 0 Å². The van der Waals surface area contributed by atoms with Crippen LogP contribution in [0.2, 0.25) is 5.02 Å². The number of aromatic nitrogens is 4. The van der Waals surface area contributed by atoms with Crippen LogP contribution in [0.3, 0.4) is 0 Å². The first-order chi connectivity index (χ1) is 11.5. The summed E-state index contributed by atoms with van der Waals surface area (Å²) in [5, 5.41) is 7.65. The molecule has 0 aliphatic heterocycles. The molecule has 1 aromatic carbocycles. The zero-order chi connectivity index (χ0) is 17.3. The highest BCUT2D eigenvalue weighted by molar-refractivity contribution is 8.00. The van der Waals surface area contributed by atoms with Gasteiger partial charge in [0.05, 0.1) is 5.25 Å². The summed E-state index contributed by atoms with van der Waals surface area (Å²) in [7, 11) is 0. The van der Waals surface area contributed by atoms with Crippen molar-refractivity contribution >= 4 is 29.1 Å². The molecule has 0 aliphatic rings. The summed E-state index contributed by atoms with van der Waals surface area (Å²) in [6.07, 6.45) is 1.44. The molecule has 3 rings (SSSR count). The van der Waals surface area contributed by atoms with Crippen molar-refractivity contribution in [1.29, 1.82) is 0 Å². The van der Waals surface area contributed by atoms with Crippen LogP contribution in [0.5, 0.6) is 0 Å². The first-order valence-electron chi connectivity index (χ1n) is 7.48. The number of aromatic amines is 1. The lowest BCUT2D eigenvalue weighted by molar-refractivity contribution is 0.0993. The Kier molecular flexibility index (Phi) is 4.78. The van der Waals surface area contributed by atoms with Crippen molar-refractivity contribution in [2.24, 2.45) is 0 Å². The monoisotopic (exact) mass is 360 g/mol. The maximum atomic E-state index is 12.8. The van der Waals surface area contributed by atoms with Gasteiger partial charge in [0.2, 0.25) is 0 Å². The average molecular weight is 361 g/mol. The van der Waals surface area contributed by atoms with Crippen molar-refractivity contribution in [3.63, 3.8) is 0 Å². The zero-order valence-corrected chi connectivity index (χ0v) is 15.1. The van der Waals surface area contributed by atoms with Crippen molar-refractivity contribution in [3.8, 4) is 5.69 Å². The number of hydrogen-bond acceptors (Lipinski definition) is 4. The van der Waals surface area contributed by atoms with Crippen molar-refractivity contribution in [1.82, 2.24) is 19.7 Å². The van der Waals surface area contributed by atoms with E-state index in [1.165, 1.54) is 18.1 Å². The molecule has 2 aromatic heterocycles. The number of aryl methyl sites for hydroxylation is 1. The molecule has 7 heteroatoms. The maximum absolute atomic E-state index is 12.8. The van der Waals surface area contributed by atoms with Gasteiger partial charge in [-0.15, -0.1) is 0 Å². The Labute approximate surface area is 149 Å². The standard InChI is InChI=1S/C17H17ClN4OS/c1-10-8-15(16(23)12(3)24-17-19-9-20-21-17)11(2)22(10)14-6-4-13(18)5-7-14/h4-9,12H,1-3H3,(H,19,20,21). The zero-order valence-electron chi connectivity index (χ0n) is 13.6. The number of rotatable bonds is 5. The number of hydrogen-bond donors (Lipinski definition) is 1. The van der Waals surface area contributed by atoms with Crippen LogP contribution >= 0.6 is 23.4 Å². The highest BCUT2D eigenvalue weighted by atomic mass is 35.5. The van der Waals surface area contributed by atoms with Crippen molar-refractivity contribution < 1.29 is 4.79 Å². The normalized spacial score (nSPS) is 12.3. The lowest BCUT2D eigenvalue weighted by Gasteiger charge is -2.11. The number of nitrogens with zero attached hydrogens (tertiary/aromatic N) is 3. The number of nitrogens with one attached hydrogen (secondary N) is 1. The lowest BCUT2D eigenvalue weighted by Crippen LogP contribution is -2.14. The SMILES string of the molecule is Cc1cc(C(=O)C(C)Sc2ncn[nH]2)c(C)n1-c1ccc(Cl)cc1. The van der Waals surface area contributed by atoms with Gasteiger partial charge in [0.15, 0.2) is 10.9 Å². The van der Waals surface area contributed by atoms with E-state index in [1.54, 1.807) is 0 Å². The molecular formula is C17H17ClN4OS. The molecule has 2 heterocycles. The quantitative estimate of drug-likeness (QED) is 0.546. The van der Waals surface area contributed by atoms with E-state index in [0.717, 1.165) is 22.6 Å². The summed E-state index contributed by atoms with van der Waals surface area (Å²) in [5.74, 6) is 0.0738. The fourth-order valence-corrected chi connectivity index (χ4v) is 3.60. The van der Waals surface area contributed by atoms with Gasteiger partial charge < -0.3 is 4.57 Å². The third-order valence-corrected chi connectivity index (χ3v) is 5.07. The van der Waals surface area contributed by atoms with E-state index in [4.69, 9.17) is 11.6 Å². The number of ketones is 1. The highest BCUT2D eigenvalue weighted by Gasteiger charge is 2.23. The summed E-state index contributed by atoms with van der Waals surface area (Å²) in [4.78, 5) is 16.9. The average Bonchev–Trinajstić information content (AvgIpc) is 3.16. The van der Waals surface area contributed by atoms with Crippen LogP contribution in [-0.2, 0) is 0 Å². The number of H-pyrrole nitrogens is 1. The molecule has 1 atom stereocenters. The lowest BCUT2D eigenvalue weighted by atomic mass is 10.1. The molecule has 0 saturated carbocycles. The minimum absolute atomic E-state index is 0.0738. The van der Waals surface area contributed by atoms with Gasteiger partial charge in [0.1, 0.15) is 6.33 Å². The van der Waals surface area contributed by atoms with Gasteiger partial charge >= 0.3 is 0 Å². The van der Waals surface area contributed by atoms with E-state index >= 15 is 0 Å². The van der Waals surface area contributed by atoms with E-state index in [-0.39, 0.29) is 11.0 Å². The summed E-state index contributed by atoms with van der Waals surface area (Å²) in [5.41, 5.74) is 3.64. The molecule has 0 bridgehead atoms. The molecule has 24 heavy (non-hydrogen) atoms. The molecule has 0 radical (unpaired) electrons. The smallest absolute Gasteiger partial charge is 0.184 e. The van der Waals surface area contributed by atoms with Crippen LogP contribution in [0.4, 0.5) is 0 Å². The molecule has 1 N–H and O–H groups in total. The number of carbonyl (C=O) groups excluding carboxylic acids is 1. The van der Waals surface area contributed by atoms with E-state index in [2.05, 4.69) is 19.7 Å². The van der Waals surface area contributed by atoms with E-state index in [1.807, 2.05) is 51.1 Å². The number of Topliss-reactive ketones (excluding diaryl/α,β-unsaturated/α-hetero) is 1. The largest absolute Gasteiger partial charge is 0.318 e. The van der Waals surface area contributed by atoms with Crippen LogP contribution in [0.1, 0.15) is 28.7 Å². The first-order valence-corrected chi connectivity index (χ1v) is 8.74. The van der Waals surface area contributed by atoms with Crippen LogP contribution < -0.4 is 0 Å². The predicted octanol–water partition coefficient (Wildman–Crippen LogP) is 4.23. The highest BCUT2D eigenvalue weighted by Crippen LogP contribution is 2.27. The molecule has 1 unspecified atom stereocenters. The Morgan fingerprint density at radius 1 is 1.29 bits per heavy atom. The molecular weight excluding hydrogens is 344 g/mol. The Balaban J connectivity index is 1.90. The Morgan fingerprint density at radius 3 is 2.62 bits per heavy atom. The van der Waals surface area contributed by atoms with Gasteiger partial charge in [-0.1, -0.05) is 23.4 Å². The van der Waals surface area contributed by atoms with Gasteiger partial charge in [-0.25, -0.2) is 4.98 Å². The van der Waals surface area contributed by atoms with Crippen LogP contribution in [-0.4, -0.2) is 30.8 Å². The fraction of sp³-hybridized carbons (Fsp3) is 0.235. The summed E-state index contributed by atoms with van der Waals surface area (Å²) in [6.45, 7) is 5.83. The number of thioether (sulfide) groups is 1. The second kappa shape index (κ2) is 6.83. The van der Waals surface area contributed by atoms with E-state index in [9.17, 15) is 4.79 Å². The Hall–Kier alpha value is -2.05. The molecule has 0 aliphatic carbocycles. The molecule has 3 aromatic rings. The van der Waals surface area contributed by atoms with Gasteiger partial charge in [-0.3, -0.25) is 9.89 Å². The molecule has 0 spiro atoms. The number of halogens is 1. The van der Waals surface area contributed by atoms with E-state index in [0.29, 0.717) is 10.2 Å². The molecule has 5 nitrogen and oxygen atoms in total. The summed E-state index contributed by atoms with van der Waals surface area (Å²) < 4.78 is 2.06. The molecule has 0 saturated heterocycles. The Bertz CT molecular complexity index is 856. The second-order valence-corrected chi connectivity index (χ2v) is 7.28. The third-order valence-electron chi connectivity index (χ3n) is 3.83. The molecule has 0 amide bonds. The molecule has 0 fully saturated rings. The minimum Gasteiger partial charge on any atom is -0.318 e. The predicted molar refractivity (Wildman–Crippen MR) is 96.3 cm³/mol. The van der Waals surface area contributed by atoms with Crippen molar-refractivity contribution in [2.75, 3.05) is 0 Å². The fourth-order valence-electron chi connectivity index (χ4n) is 2.69. The van der Waals surface area contributed by atoms with Crippen molar-refractivity contribution in [3.05, 3.63) is 58.6 Å². The van der Waals surface area contributed by atoms with Gasteiger partial charge in [0, 0.05) is 27.7 Å². The van der Waals surface area contributed by atoms with Crippen LogP contribution in [0.25, 0.3) is 5.69 Å². The van der Waals surface area contributed by atoms with Crippen LogP contribution in [0.15, 0.2) is 41.8 Å². The van der Waals surface area contributed by atoms with E-state index < -0.39 is 0 Å². The topological polar surface area (TPSA) is 63.6 Å². The number of benzene rings is 1. The summed E-state index contributed by atoms with van der Waals surface area (Å²) >= 11 is 7.33. The van der Waals surface area contributed by atoms with Gasteiger partial charge in [-0.05, 0) is 51.1 Å². The maximum Gasteiger partial charge on any atom is 0.184 e. The van der Waals surface area contributed by atoms with Gasteiger partial charge in [-0.2, -0.15) is 5.10 Å². The first kappa shape index (κ1) is 16.8. The molecule has 124 valence electrons. The summed E-state index contributed by atoms with van der Waals surface area (Å²) in [6, 6.07) is 9.52. The minimum atomic E-state index is -0.253. The Morgan fingerprint density at radius 2 is 2.00 bits per heavy atom.